The second kappa shape index (κ2) is 10.8. The second-order valence-electron chi connectivity index (χ2n) is 7.41. The molecular formula is C28H26N2O2. The first kappa shape index (κ1) is 21.2. The van der Waals surface area contributed by atoms with Crippen molar-refractivity contribution in [2.45, 2.75) is 20.1 Å². The molecule has 0 amide bonds. The van der Waals surface area contributed by atoms with Gasteiger partial charge in [0.1, 0.15) is 24.7 Å². The highest BCUT2D eigenvalue weighted by Crippen LogP contribution is 2.18. The number of hydrogen-bond donors (Lipinski definition) is 1. The lowest BCUT2D eigenvalue weighted by molar-refractivity contribution is 0.306. The topological polar surface area (TPSA) is 42.9 Å². The molecule has 160 valence electrons. The van der Waals surface area contributed by atoms with Crippen LogP contribution >= 0.6 is 0 Å². The van der Waals surface area contributed by atoms with E-state index in [1.165, 1.54) is 0 Å². The fourth-order valence-corrected chi connectivity index (χ4v) is 3.11. The lowest BCUT2D eigenvalue weighted by Crippen LogP contribution is -2.00. The third-order valence-electron chi connectivity index (χ3n) is 4.98. The Hall–Kier alpha value is -4.05. The van der Waals surface area contributed by atoms with Crippen molar-refractivity contribution in [3.63, 3.8) is 0 Å². The third-order valence-corrected chi connectivity index (χ3v) is 4.98. The highest BCUT2D eigenvalue weighted by Gasteiger charge is 2.01. The molecule has 0 radical (unpaired) electrons. The summed E-state index contributed by atoms with van der Waals surface area (Å²) < 4.78 is 11.7. The van der Waals surface area contributed by atoms with Gasteiger partial charge in [-0.25, -0.2) is 0 Å². The quantitative estimate of drug-likeness (QED) is 0.242. The maximum Gasteiger partial charge on any atom is 0.119 e. The zero-order valence-corrected chi connectivity index (χ0v) is 18.1. The van der Waals surface area contributed by atoms with Gasteiger partial charge in [-0.05, 0) is 72.1 Å². The molecular weight excluding hydrogens is 396 g/mol. The molecule has 0 unspecified atom stereocenters. The van der Waals surface area contributed by atoms with Crippen LogP contribution in [0.5, 0.6) is 11.5 Å². The van der Waals surface area contributed by atoms with Crippen molar-refractivity contribution in [1.82, 2.24) is 0 Å². The number of nitrogens with one attached hydrogen (secondary N) is 1. The fraction of sp³-hybridized carbons (Fsp3) is 0.107. The highest BCUT2D eigenvalue weighted by atomic mass is 16.5. The zero-order chi connectivity index (χ0) is 22.0. The summed E-state index contributed by atoms with van der Waals surface area (Å²) in [6.07, 6.45) is 0. The highest BCUT2D eigenvalue weighted by molar-refractivity contribution is 5.99. The summed E-state index contributed by atoms with van der Waals surface area (Å²) in [5.74, 6) is 1.66. The van der Waals surface area contributed by atoms with Crippen LogP contribution in [-0.4, -0.2) is 5.71 Å². The van der Waals surface area contributed by atoms with Gasteiger partial charge in [0.25, 0.3) is 0 Å². The fourth-order valence-electron chi connectivity index (χ4n) is 3.11. The van der Waals surface area contributed by atoms with E-state index in [1.807, 2.05) is 91.9 Å². The molecule has 0 bridgehead atoms. The molecule has 0 spiro atoms. The predicted molar refractivity (Wildman–Crippen MR) is 130 cm³/mol. The third kappa shape index (κ3) is 6.22. The van der Waals surface area contributed by atoms with Crippen LogP contribution in [0.2, 0.25) is 0 Å². The van der Waals surface area contributed by atoms with Crippen LogP contribution in [-0.2, 0) is 13.2 Å². The van der Waals surface area contributed by atoms with E-state index in [0.29, 0.717) is 13.2 Å². The molecule has 0 aliphatic heterocycles. The Kier molecular flexibility index (Phi) is 7.17. The van der Waals surface area contributed by atoms with Gasteiger partial charge in [0.05, 0.1) is 11.4 Å². The predicted octanol–water partition coefficient (Wildman–Crippen LogP) is 6.68. The minimum Gasteiger partial charge on any atom is -0.489 e. The molecule has 4 aromatic carbocycles. The summed E-state index contributed by atoms with van der Waals surface area (Å²) in [7, 11) is 0. The van der Waals surface area contributed by atoms with Gasteiger partial charge in [0, 0.05) is 0 Å². The molecule has 4 rings (SSSR count). The SMILES string of the molecule is C/C(=N/Nc1ccc(OCc2ccccc2)cc1)c1ccc(OCc2ccccc2)cc1. The Morgan fingerprint density at radius 3 is 1.59 bits per heavy atom. The molecule has 32 heavy (non-hydrogen) atoms. The van der Waals surface area contributed by atoms with Crippen LogP contribution in [0.15, 0.2) is 114 Å². The smallest absolute Gasteiger partial charge is 0.119 e. The molecule has 0 aliphatic carbocycles. The monoisotopic (exact) mass is 422 g/mol. The van der Waals surface area contributed by atoms with Crippen LogP contribution < -0.4 is 14.9 Å². The van der Waals surface area contributed by atoms with Gasteiger partial charge in [-0.3, -0.25) is 5.43 Å². The summed E-state index contributed by atoms with van der Waals surface area (Å²) in [6, 6.07) is 36.0. The Balaban J connectivity index is 1.28. The van der Waals surface area contributed by atoms with E-state index >= 15 is 0 Å². The minimum absolute atomic E-state index is 0.552. The van der Waals surface area contributed by atoms with E-state index in [9.17, 15) is 0 Å². The van der Waals surface area contributed by atoms with E-state index in [2.05, 4.69) is 34.8 Å². The zero-order valence-electron chi connectivity index (χ0n) is 18.1. The number of hydrogen-bond acceptors (Lipinski definition) is 4. The first-order valence-corrected chi connectivity index (χ1v) is 10.6. The van der Waals surface area contributed by atoms with Gasteiger partial charge in [0.2, 0.25) is 0 Å². The van der Waals surface area contributed by atoms with E-state index in [-0.39, 0.29) is 0 Å². The van der Waals surface area contributed by atoms with Crippen LogP contribution in [0.25, 0.3) is 0 Å². The van der Waals surface area contributed by atoms with Crippen LogP contribution in [0.3, 0.4) is 0 Å². The average molecular weight is 423 g/mol. The number of nitrogens with zero attached hydrogens (tertiary/aromatic N) is 1. The number of ether oxygens (including phenoxy) is 2. The lowest BCUT2D eigenvalue weighted by Gasteiger charge is -2.09. The summed E-state index contributed by atoms with van der Waals surface area (Å²) in [5.41, 5.74) is 8.23. The number of rotatable bonds is 9. The van der Waals surface area contributed by atoms with Crippen LogP contribution in [0.1, 0.15) is 23.6 Å². The molecule has 0 atom stereocenters. The van der Waals surface area contributed by atoms with Gasteiger partial charge in [-0.2, -0.15) is 5.10 Å². The summed E-state index contributed by atoms with van der Waals surface area (Å²) >= 11 is 0. The Morgan fingerprint density at radius 2 is 1.09 bits per heavy atom. The van der Waals surface area contributed by atoms with E-state index < -0.39 is 0 Å². The van der Waals surface area contributed by atoms with Crippen LogP contribution in [0.4, 0.5) is 5.69 Å². The molecule has 0 aliphatic rings. The van der Waals surface area contributed by atoms with Gasteiger partial charge >= 0.3 is 0 Å². The maximum atomic E-state index is 5.85. The Labute approximate surface area is 189 Å². The number of hydrazone groups is 1. The van der Waals surface area contributed by atoms with Crippen molar-refractivity contribution in [1.29, 1.82) is 0 Å². The standard InChI is InChI=1S/C28H26N2O2/c1-22(25-12-16-27(17-13-25)31-20-23-8-4-2-5-9-23)29-30-26-14-18-28(19-15-26)32-21-24-10-6-3-7-11-24/h2-19,30H,20-21H2,1H3/b29-22-. The minimum atomic E-state index is 0.552. The van der Waals surface area contributed by atoms with Gasteiger partial charge in [-0.1, -0.05) is 60.7 Å². The molecule has 4 heteroatoms. The van der Waals surface area contributed by atoms with E-state index in [1.54, 1.807) is 0 Å². The summed E-state index contributed by atoms with van der Waals surface area (Å²) in [6.45, 7) is 3.08. The second-order valence-corrected chi connectivity index (χ2v) is 7.41. The first-order chi connectivity index (χ1) is 15.8. The van der Waals surface area contributed by atoms with Crippen molar-refractivity contribution < 1.29 is 9.47 Å². The van der Waals surface area contributed by atoms with Gasteiger partial charge in [0.15, 0.2) is 0 Å². The first-order valence-electron chi connectivity index (χ1n) is 10.6. The largest absolute Gasteiger partial charge is 0.489 e. The van der Waals surface area contributed by atoms with E-state index in [0.717, 1.165) is 39.6 Å². The summed E-state index contributed by atoms with van der Waals surface area (Å²) in [4.78, 5) is 0. The van der Waals surface area contributed by atoms with Crippen molar-refractivity contribution in [3.8, 4) is 11.5 Å². The Morgan fingerprint density at radius 1 is 0.625 bits per heavy atom. The van der Waals surface area contributed by atoms with Crippen LogP contribution in [0, 0.1) is 0 Å². The van der Waals surface area contributed by atoms with Crippen molar-refractivity contribution in [2.75, 3.05) is 5.43 Å². The van der Waals surface area contributed by atoms with Gasteiger partial charge in [-0.15, -0.1) is 0 Å². The molecule has 1 N–H and O–H groups in total. The van der Waals surface area contributed by atoms with Crippen molar-refractivity contribution in [2.24, 2.45) is 5.10 Å². The molecule has 0 fully saturated rings. The van der Waals surface area contributed by atoms with E-state index in [4.69, 9.17) is 9.47 Å². The number of benzene rings is 4. The maximum absolute atomic E-state index is 5.85. The average Bonchev–Trinajstić information content (AvgIpc) is 2.87. The normalized spacial score (nSPS) is 11.1. The molecule has 0 saturated heterocycles. The van der Waals surface area contributed by atoms with Crippen molar-refractivity contribution >= 4 is 11.4 Å². The molecule has 0 heterocycles. The molecule has 0 aromatic heterocycles. The molecule has 4 nitrogen and oxygen atoms in total. The van der Waals surface area contributed by atoms with Crippen molar-refractivity contribution in [3.05, 3.63) is 126 Å². The number of anilines is 1. The molecule has 0 saturated carbocycles. The Bertz CT molecular complexity index is 1120. The molecule has 4 aromatic rings. The summed E-state index contributed by atoms with van der Waals surface area (Å²) in [5, 5.41) is 4.50. The lowest BCUT2D eigenvalue weighted by atomic mass is 10.1. The van der Waals surface area contributed by atoms with Gasteiger partial charge < -0.3 is 9.47 Å².